The van der Waals surface area contributed by atoms with Gasteiger partial charge in [0.15, 0.2) is 11.9 Å². The van der Waals surface area contributed by atoms with E-state index in [9.17, 15) is 9.90 Å². The average Bonchev–Trinajstić information content (AvgIpc) is 3.35. The quantitative estimate of drug-likeness (QED) is 0.603. The molecule has 0 spiro atoms. The molecule has 26 heavy (non-hydrogen) atoms. The highest BCUT2D eigenvalue weighted by Gasteiger charge is 2.37. The Bertz CT molecular complexity index is 909. The number of hydrogen-bond acceptors (Lipinski definition) is 6. The monoisotopic (exact) mass is 392 g/mol. The van der Waals surface area contributed by atoms with E-state index >= 15 is 0 Å². The van der Waals surface area contributed by atoms with Gasteiger partial charge in [-0.15, -0.1) is 16.4 Å². The van der Waals surface area contributed by atoms with Gasteiger partial charge in [0.05, 0.1) is 18.0 Å². The number of amides is 1. The Morgan fingerprint density at radius 2 is 2.27 bits per heavy atom. The van der Waals surface area contributed by atoms with E-state index in [-0.39, 0.29) is 23.7 Å². The Balaban J connectivity index is 1.70. The molecule has 3 aromatic rings. The molecule has 1 saturated heterocycles. The fourth-order valence-electron chi connectivity index (χ4n) is 3.66. The normalized spacial score (nSPS) is 21.9. The third-order valence-electron chi connectivity index (χ3n) is 5.09. The van der Waals surface area contributed by atoms with Crippen molar-refractivity contribution in [3.8, 4) is 5.88 Å². The predicted octanol–water partition coefficient (Wildman–Crippen LogP) is 0.990. The molecule has 1 amide bonds. The molecular weight excluding hydrogens is 370 g/mol. The molecule has 4 N–H and O–H groups in total. The summed E-state index contributed by atoms with van der Waals surface area (Å²) in [6, 6.07) is 4.17. The van der Waals surface area contributed by atoms with E-state index in [1.807, 2.05) is 13.0 Å². The van der Waals surface area contributed by atoms with E-state index in [0.717, 1.165) is 48.0 Å². The van der Waals surface area contributed by atoms with Crippen LogP contribution in [0.1, 0.15) is 41.4 Å². The summed E-state index contributed by atoms with van der Waals surface area (Å²) in [4.78, 5) is 20.1. The topological polar surface area (TPSA) is 98.0 Å². The molecule has 3 aromatic heterocycles. The third kappa shape index (κ3) is 3.00. The Kier molecular flexibility index (Phi) is 4.68. The van der Waals surface area contributed by atoms with Crippen LogP contribution < -0.4 is 10.6 Å². The highest BCUT2D eigenvalue weighted by atomic mass is 32.1. The Labute approximate surface area is 159 Å². The van der Waals surface area contributed by atoms with Gasteiger partial charge in [0, 0.05) is 25.2 Å². The van der Waals surface area contributed by atoms with Crippen molar-refractivity contribution in [1.29, 1.82) is 0 Å². The molecule has 4 rings (SSSR count). The molecule has 0 saturated carbocycles. The number of carbonyl (C=O) groups is 1. The molecule has 0 radical (unpaired) electrons. The van der Waals surface area contributed by atoms with Crippen molar-refractivity contribution in [2.75, 3.05) is 13.1 Å². The molecule has 0 aliphatic carbocycles. The number of nitrogens with two attached hydrogens (primary N) is 1. The van der Waals surface area contributed by atoms with E-state index < -0.39 is 0 Å². The summed E-state index contributed by atoms with van der Waals surface area (Å²) in [6.45, 7) is 3.70. The van der Waals surface area contributed by atoms with Crippen LogP contribution in [0.25, 0.3) is 4.96 Å². The molecule has 1 aliphatic rings. The van der Waals surface area contributed by atoms with Crippen molar-refractivity contribution in [3.05, 3.63) is 33.1 Å². The smallest absolute Gasteiger partial charge is 0.235 e. The van der Waals surface area contributed by atoms with Crippen LogP contribution in [0.3, 0.4) is 0 Å². The van der Waals surface area contributed by atoms with E-state index in [1.54, 1.807) is 15.9 Å². The van der Waals surface area contributed by atoms with Gasteiger partial charge in [-0.1, -0.05) is 24.3 Å². The van der Waals surface area contributed by atoms with E-state index in [2.05, 4.69) is 21.5 Å². The molecule has 138 valence electrons. The summed E-state index contributed by atoms with van der Waals surface area (Å²) in [5.41, 5.74) is 5.48. The first-order chi connectivity index (χ1) is 12.6. The number of carbonyl (C=O) groups excluding carboxylic acids is 1. The number of fused-ring (bicyclic) bond motifs is 1. The molecule has 9 heteroatoms. The predicted molar refractivity (Wildman–Crippen MR) is 101 cm³/mol. The van der Waals surface area contributed by atoms with Gasteiger partial charge in [-0.2, -0.15) is 4.52 Å². The first-order valence-electron chi connectivity index (χ1n) is 8.83. The standard InChI is InChI=1S/C17H21N5O2S2/c1-2-12-19-17-22(20-12)16(24)14(26-17)13(11-4-3-9-25-11)21-7-5-10(6-8-21)15(18)23/h3-4,9-10,13,24H,2,5-8H2,1H3,(H2,18,23)/p+1/t13-/m1/s1. The molecular formula is C17H22N5O2S2+. The zero-order valence-electron chi connectivity index (χ0n) is 14.5. The summed E-state index contributed by atoms with van der Waals surface area (Å²) in [5, 5.41) is 17.3. The van der Waals surface area contributed by atoms with Crippen molar-refractivity contribution >= 4 is 33.5 Å². The van der Waals surface area contributed by atoms with Crippen molar-refractivity contribution < 1.29 is 14.8 Å². The lowest BCUT2D eigenvalue weighted by Crippen LogP contribution is -3.13. The lowest BCUT2D eigenvalue weighted by atomic mass is 9.94. The van der Waals surface area contributed by atoms with Crippen LogP contribution in [-0.2, 0) is 11.2 Å². The number of nitrogens with one attached hydrogen (secondary N) is 1. The molecule has 7 nitrogen and oxygen atoms in total. The largest absolute Gasteiger partial charge is 0.492 e. The molecule has 1 atom stereocenters. The minimum atomic E-state index is -0.203. The van der Waals surface area contributed by atoms with Crippen molar-refractivity contribution in [2.45, 2.75) is 32.2 Å². The molecule has 4 heterocycles. The van der Waals surface area contributed by atoms with E-state index in [1.165, 1.54) is 21.1 Å². The second-order valence-corrected chi connectivity index (χ2v) is 8.64. The van der Waals surface area contributed by atoms with Crippen LogP contribution >= 0.6 is 22.7 Å². The Hall–Kier alpha value is -1.97. The first kappa shape index (κ1) is 17.4. The number of thiophene rings is 1. The maximum Gasteiger partial charge on any atom is 0.235 e. The van der Waals surface area contributed by atoms with Gasteiger partial charge >= 0.3 is 0 Å². The number of aromatic nitrogens is 3. The zero-order chi connectivity index (χ0) is 18.3. The maximum absolute atomic E-state index is 11.5. The van der Waals surface area contributed by atoms with Gasteiger partial charge < -0.3 is 15.7 Å². The van der Waals surface area contributed by atoms with Gasteiger partial charge in [-0.05, 0) is 11.4 Å². The summed E-state index contributed by atoms with van der Waals surface area (Å²) in [7, 11) is 0. The highest BCUT2D eigenvalue weighted by Crippen LogP contribution is 2.36. The van der Waals surface area contributed by atoms with E-state index in [0.29, 0.717) is 0 Å². The summed E-state index contributed by atoms with van der Waals surface area (Å²) in [5.74, 6) is 0.678. The number of aromatic hydroxyl groups is 1. The maximum atomic E-state index is 11.5. The molecule has 1 aliphatic heterocycles. The minimum Gasteiger partial charge on any atom is -0.492 e. The van der Waals surface area contributed by atoms with Crippen LogP contribution in [0.5, 0.6) is 5.88 Å². The van der Waals surface area contributed by atoms with Crippen LogP contribution in [0, 0.1) is 5.92 Å². The van der Waals surface area contributed by atoms with Crippen LogP contribution in [0.2, 0.25) is 0 Å². The van der Waals surface area contributed by atoms with Gasteiger partial charge in [-0.25, -0.2) is 4.98 Å². The van der Waals surface area contributed by atoms with Gasteiger partial charge in [0.2, 0.25) is 16.7 Å². The number of rotatable bonds is 5. The number of likely N-dealkylation sites (tertiary alicyclic amines) is 1. The Morgan fingerprint density at radius 1 is 1.50 bits per heavy atom. The van der Waals surface area contributed by atoms with E-state index in [4.69, 9.17) is 5.73 Å². The number of primary amides is 1. The first-order valence-corrected chi connectivity index (χ1v) is 10.5. The average molecular weight is 393 g/mol. The number of aryl methyl sites for hydroxylation is 1. The van der Waals surface area contributed by atoms with Gasteiger partial charge in [0.1, 0.15) is 4.88 Å². The fourth-order valence-corrected chi connectivity index (χ4v) is 5.78. The number of piperidine rings is 1. The molecule has 1 fully saturated rings. The van der Waals surface area contributed by atoms with Gasteiger partial charge in [-0.3, -0.25) is 4.79 Å². The zero-order valence-corrected chi connectivity index (χ0v) is 16.1. The van der Waals surface area contributed by atoms with Crippen molar-refractivity contribution in [2.24, 2.45) is 11.7 Å². The van der Waals surface area contributed by atoms with Crippen LogP contribution in [0.4, 0.5) is 0 Å². The Morgan fingerprint density at radius 3 is 2.85 bits per heavy atom. The summed E-state index contributed by atoms with van der Waals surface area (Å²) < 4.78 is 1.55. The number of thiazole rings is 1. The van der Waals surface area contributed by atoms with Gasteiger partial charge in [0.25, 0.3) is 0 Å². The van der Waals surface area contributed by atoms with Crippen molar-refractivity contribution in [1.82, 2.24) is 14.6 Å². The SMILES string of the molecule is CCc1nc2sc([C@@H](c3cccs3)[NH+]3CCC(C(N)=O)CC3)c(O)n2n1. The third-order valence-corrected chi connectivity index (χ3v) is 7.11. The number of quaternary nitrogens is 1. The molecule has 0 bridgehead atoms. The van der Waals surface area contributed by atoms with Crippen molar-refractivity contribution in [3.63, 3.8) is 0 Å². The summed E-state index contributed by atoms with van der Waals surface area (Å²) >= 11 is 3.19. The van der Waals surface area contributed by atoms with Crippen LogP contribution in [0.15, 0.2) is 17.5 Å². The second-order valence-electron chi connectivity index (χ2n) is 6.65. The second kappa shape index (κ2) is 6.98. The fraction of sp³-hybridized carbons (Fsp3) is 0.471. The van der Waals surface area contributed by atoms with Crippen LogP contribution in [-0.4, -0.2) is 38.7 Å². The summed E-state index contributed by atoms with van der Waals surface area (Å²) in [6.07, 6.45) is 2.31. The minimum absolute atomic E-state index is 0.0300. The highest BCUT2D eigenvalue weighted by molar-refractivity contribution is 7.17. The number of hydrogen-bond donors (Lipinski definition) is 3. The lowest BCUT2D eigenvalue weighted by Gasteiger charge is -2.32. The lowest BCUT2D eigenvalue weighted by molar-refractivity contribution is -0.930. The number of nitrogens with zero attached hydrogens (tertiary/aromatic N) is 3. The molecule has 0 aromatic carbocycles. The molecule has 0 unspecified atom stereocenters.